The molecule has 0 fully saturated rings. The lowest BCUT2D eigenvalue weighted by atomic mass is 10.1. The summed E-state index contributed by atoms with van der Waals surface area (Å²) in [4.78, 5) is 32.7. The molecule has 0 aliphatic rings. The molecule has 0 spiro atoms. The van der Waals surface area contributed by atoms with Crippen LogP contribution in [0.15, 0.2) is 66.7 Å². The van der Waals surface area contributed by atoms with Crippen molar-refractivity contribution in [1.82, 2.24) is 9.80 Å². The Balaban J connectivity index is 1.78. The number of ether oxygens (including phenoxy) is 2. The predicted octanol–water partition coefficient (Wildman–Crippen LogP) is 5.16. The minimum atomic E-state index is -0.177. The predicted molar refractivity (Wildman–Crippen MR) is 140 cm³/mol. The Labute approximate surface area is 212 Å². The fourth-order valence-corrected chi connectivity index (χ4v) is 4.63. The van der Waals surface area contributed by atoms with Gasteiger partial charge in [0.1, 0.15) is 12.3 Å². The molecule has 0 atom stereocenters. The molecule has 0 unspecified atom stereocenters. The Morgan fingerprint density at radius 2 is 1.66 bits per heavy atom. The molecule has 2 amide bonds. The highest BCUT2D eigenvalue weighted by molar-refractivity contribution is 7.11. The Kier molecular flexibility index (Phi) is 10.3. The Morgan fingerprint density at radius 1 is 0.914 bits per heavy atom. The molecular weight excluding hydrogens is 460 g/mol. The molecule has 0 radical (unpaired) electrons. The fourth-order valence-electron chi connectivity index (χ4n) is 3.73. The monoisotopic (exact) mass is 494 g/mol. The van der Waals surface area contributed by atoms with E-state index in [1.54, 1.807) is 47.6 Å². The quantitative estimate of drug-likeness (QED) is 0.308. The zero-order valence-electron chi connectivity index (χ0n) is 20.7. The van der Waals surface area contributed by atoms with Crippen molar-refractivity contribution < 1.29 is 19.1 Å². The second kappa shape index (κ2) is 13.7. The minimum absolute atomic E-state index is 0.00811. The summed E-state index contributed by atoms with van der Waals surface area (Å²) < 4.78 is 10.7. The van der Waals surface area contributed by atoms with E-state index in [1.807, 2.05) is 42.2 Å². The first-order chi connectivity index (χ1) is 17.0. The third-order valence-corrected chi connectivity index (χ3v) is 6.57. The van der Waals surface area contributed by atoms with Crippen LogP contribution in [0.3, 0.4) is 0 Å². The van der Waals surface area contributed by atoms with Crippen LogP contribution in [0.25, 0.3) is 0 Å². The smallest absolute Gasteiger partial charge is 0.254 e. The zero-order valence-corrected chi connectivity index (χ0v) is 21.6. The van der Waals surface area contributed by atoms with Gasteiger partial charge in [-0.05, 0) is 62.2 Å². The molecule has 35 heavy (non-hydrogen) atoms. The van der Waals surface area contributed by atoms with E-state index in [0.29, 0.717) is 50.6 Å². The first-order valence-corrected chi connectivity index (χ1v) is 12.7. The maximum Gasteiger partial charge on any atom is 0.254 e. The Hall–Kier alpha value is -3.16. The van der Waals surface area contributed by atoms with E-state index >= 15 is 0 Å². The molecule has 0 aliphatic heterocycles. The topological polar surface area (TPSA) is 59.1 Å². The highest BCUT2D eigenvalue weighted by Crippen LogP contribution is 2.20. The number of aryl methyl sites for hydroxylation is 1. The number of rotatable bonds is 13. The molecule has 7 heteroatoms. The van der Waals surface area contributed by atoms with Crippen molar-refractivity contribution in [2.24, 2.45) is 0 Å². The minimum Gasteiger partial charge on any atom is -0.497 e. The summed E-state index contributed by atoms with van der Waals surface area (Å²) in [6.45, 7) is 6.61. The van der Waals surface area contributed by atoms with Crippen LogP contribution in [0.2, 0.25) is 0 Å². The lowest BCUT2D eigenvalue weighted by molar-refractivity contribution is -0.133. The fraction of sp³-hybridized carbons (Fsp3) is 0.357. The number of thiophene rings is 1. The van der Waals surface area contributed by atoms with Crippen molar-refractivity contribution in [3.05, 3.63) is 87.6 Å². The molecule has 1 aromatic heterocycles. The lowest BCUT2D eigenvalue weighted by Gasteiger charge is -2.28. The number of carbonyl (C=O) groups excluding carboxylic acids is 2. The normalized spacial score (nSPS) is 10.7. The number of hydrogen-bond acceptors (Lipinski definition) is 5. The van der Waals surface area contributed by atoms with Crippen molar-refractivity contribution in [3.63, 3.8) is 0 Å². The van der Waals surface area contributed by atoms with Gasteiger partial charge in [0.25, 0.3) is 5.91 Å². The van der Waals surface area contributed by atoms with E-state index < -0.39 is 0 Å². The highest BCUT2D eigenvalue weighted by atomic mass is 32.1. The van der Waals surface area contributed by atoms with Gasteiger partial charge >= 0.3 is 0 Å². The molecule has 0 aliphatic carbocycles. The van der Waals surface area contributed by atoms with Crippen LogP contribution < -0.4 is 4.74 Å². The molecule has 0 saturated carbocycles. The zero-order chi connectivity index (χ0) is 25.0. The lowest BCUT2D eigenvalue weighted by Crippen LogP contribution is -2.43. The number of nitrogens with zero attached hydrogens (tertiary/aromatic N) is 2. The van der Waals surface area contributed by atoms with Gasteiger partial charge in [-0.1, -0.05) is 30.3 Å². The van der Waals surface area contributed by atoms with E-state index in [2.05, 4.69) is 19.1 Å². The molecular formula is C28H34N2O4S. The van der Waals surface area contributed by atoms with Crippen molar-refractivity contribution in [1.29, 1.82) is 0 Å². The number of hydrogen-bond donors (Lipinski definition) is 0. The van der Waals surface area contributed by atoms with Crippen molar-refractivity contribution >= 4 is 23.2 Å². The first kappa shape index (κ1) is 26.4. The molecule has 186 valence electrons. The molecule has 0 saturated heterocycles. The summed E-state index contributed by atoms with van der Waals surface area (Å²) in [5.41, 5.74) is 1.58. The highest BCUT2D eigenvalue weighted by Gasteiger charge is 2.23. The first-order valence-electron chi connectivity index (χ1n) is 11.9. The van der Waals surface area contributed by atoms with Gasteiger partial charge in [0, 0.05) is 41.6 Å². The van der Waals surface area contributed by atoms with Crippen LogP contribution in [-0.4, -0.2) is 55.0 Å². The Bertz CT molecular complexity index is 1070. The second-order valence-corrected chi connectivity index (χ2v) is 9.63. The van der Waals surface area contributed by atoms with E-state index in [4.69, 9.17) is 9.47 Å². The largest absolute Gasteiger partial charge is 0.497 e. The van der Waals surface area contributed by atoms with E-state index in [1.165, 1.54) is 4.88 Å². The molecule has 3 aromatic rings. The van der Waals surface area contributed by atoms with E-state index in [9.17, 15) is 9.59 Å². The SMILES string of the molecule is CCOCCCN(CC(=O)N(Cc1ccccc1)Cc1ccc(C)s1)C(=O)c1ccc(OC)cc1. The van der Waals surface area contributed by atoms with Crippen LogP contribution in [-0.2, 0) is 22.6 Å². The van der Waals surface area contributed by atoms with E-state index in [0.717, 1.165) is 10.4 Å². The number of carbonyl (C=O) groups is 2. The van der Waals surface area contributed by atoms with Gasteiger partial charge in [0.15, 0.2) is 0 Å². The van der Waals surface area contributed by atoms with Crippen molar-refractivity contribution in [2.45, 2.75) is 33.4 Å². The summed E-state index contributed by atoms with van der Waals surface area (Å²) >= 11 is 1.69. The van der Waals surface area contributed by atoms with Crippen molar-refractivity contribution in [3.8, 4) is 5.75 Å². The molecule has 3 rings (SSSR count). The van der Waals surface area contributed by atoms with Crippen LogP contribution in [0.1, 0.15) is 39.0 Å². The summed E-state index contributed by atoms with van der Waals surface area (Å²) in [6.07, 6.45) is 0.659. The molecule has 6 nitrogen and oxygen atoms in total. The Morgan fingerprint density at radius 3 is 2.29 bits per heavy atom. The van der Waals surface area contributed by atoms with Gasteiger partial charge in [-0.3, -0.25) is 9.59 Å². The summed E-state index contributed by atoms with van der Waals surface area (Å²) in [5, 5.41) is 0. The van der Waals surface area contributed by atoms with Gasteiger partial charge < -0.3 is 19.3 Å². The average Bonchev–Trinajstić information content (AvgIpc) is 3.30. The van der Waals surface area contributed by atoms with E-state index in [-0.39, 0.29) is 18.4 Å². The third kappa shape index (κ3) is 8.23. The second-order valence-electron chi connectivity index (χ2n) is 8.25. The maximum absolute atomic E-state index is 13.6. The number of amides is 2. The van der Waals surface area contributed by atoms with Gasteiger partial charge in [0.05, 0.1) is 13.7 Å². The summed E-state index contributed by atoms with van der Waals surface area (Å²) in [6, 6.07) is 21.1. The molecule has 0 bridgehead atoms. The van der Waals surface area contributed by atoms with Crippen LogP contribution >= 0.6 is 11.3 Å². The van der Waals surface area contributed by atoms with Crippen LogP contribution in [0, 0.1) is 6.92 Å². The summed E-state index contributed by atoms with van der Waals surface area (Å²) in [7, 11) is 1.59. The van der Waals surface area contributed by atoms with Crippen LogP contribution in [0.4, 0.5) is 0 Å². The number of methoxy groups -OCH3 is 1. The maximum atomic E-state index is 13.6. The van der Waals surface area contributed by atoms with Gasteiger partial charge in [-0.15, -0.1) is 11.3 Å². The molecule has 0 N–H and O–H groups in total. The van der Waals surface area contributed by atoms with Crippen LogP contribution in [0.5, 0.6) is 5.75 Å². The number of benzene rings is 2. The third-order valence-electron chi connectivity index (χ3n) is 5.58. The molecule has 2 aromatic carbocycles. The van der Waals surface area contributed by atoms with Crippen molar-refractivity contribution in [2.75, 3.05) is 33.4 Å². The standard InChI is InChI=1S/C28H34N2O4S/c1-4-34-18-8-17-29(28(32)24-12-14-25(33-3)15-13-24)21-27(31)30(19-23-9-6-5-7-10-23)20-26-16-11-22(2)35-26/h5-7,9-16H,4,8,17-21H2,1-3H3. The van der Waals surface area contributed by atoms with Gasteiger partial charge in [-0.2, -0.15) is 0 Å². The molecule has 1 heterocycles. The summed E-state index contributed by atoms with van der Waals surface area (Å²) in [5.74, 6) is 0.420. The van der Waals surface area contributed by atoms with Gasteiger partial charge in [0.2, 0.25) is 5.91 Å². The average molecular weight is 495 g/mol. The van der Waals surface area contributed by atoms with Gasteiger partial charge in [-0.25, -0.2) is 0 Å².